The minimum atomic E-state index is -0.734. The maximum absolute atomic E-state index is 13.2. The minimum absolute atomic E-state index is 0.0887. The first kappa shape index (κ1) is 20.8. The fraction of sp³-hybridized carbons (Fsp3) is 0.240. The summed E-state index contributed by atoms with van der Waals surface area (Å²) in [6, 6.07) is 18.5. The minimum Gasteiger partial charge on any atom is -0.472 e. The SMILES string of the molecule is O=C(CCCN1C(=O)[C@@H](c2ccccc2)Oc2cccnc21)NCc1ccc2c(c1)OCO2. The summed E-state index contributed by atoms with van der Waals surface area (Å²) in [5.74, 6) is 2.16. The molecule has 8 nitrogen and oxygen atoms in total. The summed E-state index contributed by atoms with van der Waals surface area (Å²) in [5.41, 5.74) is 1.71. The van der Waals surface area contributed by atoms with E-state index in [1.54, 1.807) is 23.2 Å². The van der Waals surface area contributed by atoms with E-state index in [1.807, 2.05) is 48.5 Å². The van der Waals surface area contributed by atoms with Gasteiger partial charge in [0, 0.05) is 31.3 Å². The van der Waals surface area contributed by atoms with Crippen LogP contribution in [0.5, 0.6) is 17.2 Å². The molecule has 8 heteroatoms. The Hall–Kier alpha value is -4.07. The van der Waals surface area contributed by atoms with E-state index in [0.717, 1.165) is 11.1 Å². The van der Waals surface area contributed by atoms with Crippen LogP contribution in [0.1, 0.15) is 30.1 Å². The molecule has 168 valence electrons. The number of nitrogens with one attached hydrogen (secondary N) is 1. The summed E-state index contributed by atoms with van der Waals surface area (Å²) in [6.07, 6.45) is 1.68. The Morgan fingerprint density at radius 3 is 2.76 bits per heavy atom. The number of amides is 2. The molecule has 0 unspecified atom stereocenters. The number of hydrogen-bond acceptors (Lipinski definition) is 6. The highest BCUT2D eigenvalue weighted by molar-refractivity contribution is 5.99. The van der Waals surface area contributed by atoms with E-state index in [-0.39, 0.29) is 25.0 Å². The van der Waals surface area contributed by atoms with Gasteiger partial charge in [0.05, 0.1) is 0 Å². The van der Waals surface area contributed by atoms with Gasteiger partial charge in [0.25, 0.3) is 5.91 Å². The van der Waals surface area contributed by atoms with Gasteiger partial charge >= 0.3 is 0 Å². The van der Waals surface area contributed by atoms with Gasteiger partial charge in [-0.1, -0.05) is 36.4 Å². The van der Waals surface area contributed by atoms with Gasteiger partial charge < -0.3 is 19.5 Å². The van der Waals surface area contributed by atoms with Crippen LogP contribution >= 0.6 is 0 Å². The molecule has 5 rings (SSSR count). The number of hydrogen-bond donors (Lipinski definition) is 1. The van der Waals surface area contributed by atoms with Crippen molar-refractivity contribution in [2.45, 2.75) is 25.5 Å². The van der Waals surface area contributed by atoms with Crippen molar-refractivity contribution in [1.29, 1.82) is 0 Å². The number of benzene rings is 2. The van der Waals surface area contributed by atoms with Crippen LogP contribution in [0.2, 0.25) is 0 Å². The summed E-state index contributed by atoms with van der Waals surface area (Å²) >= 11 is 0. The van der Waals surface area contributed by atoms with E-state index in [9.17, 15) is 9.59 Å². The number of anilines is 1. The number of rotatable bonds is 7. The van der Waals surface area contributed by atoms with Crippen LogP contribution in [0.4, 0.5) is 5.82 Å². The lowest BCUT2D eigenvalue weighted by Crippen LogP contribution is -2.42. The number of aromatic nitrogens is 1. The third-order valence-corrected chi connectivity index (χ3v) is 5.56. The number of nitrogens with zero attached hydrogens (tertiary/aromatic N) is 2. The summed E-state index contributed by atoms with van der Waals surface area (Å²) in [7, 11) is 0. The number of fused-ring (bicyclic) bond motifs is 2. The zero-order valence-corrected chi connectivity index (χ0v) is 17.9. The predicted molar refractivity (Wildman–Crippen MR) is 120 cm³/mol. The first-order valence-electron chi connectivity index (χ1n) is 10.8. The summed E-state index contributed by atoms with van der Waals surface area (Å²) in [6.45, 7) is 0.980. The Morgan fingerprint density at radius 1 is 1.03 bits per heavy atom. The van der Waals surface area contributed by atoms with Gasteiger partial charge in [-0.15, -0.1) is 0 Å². The zero-order valence-electron chi connectivity index (χ0n) is 17.9. The van der Waals surface area contributed by atoms with Crippen molar-refractivity contribution >= 4 is 17.6 Å². The van der Waals surface area contributed by atoms with Gasteiger partial charge in [-0.3, -0.25) is 14.5 Å². The molecule has 1 aromatic heterocycles. The molecule has 2 aromatic carbocycles. The largest absolute Gasteiger partial charge is 0.472 e. The normalized spacial score (nSPS) is 16.2. The smallest absolute Gasteiger partial charge is 0.274 e. The van der Waals surface area contributed by atoms with Gasteiger partial charge in [0.15, 0.2) is 23.1 Å². The molecule has 0 spiro atoms. The summed E-state index contributed by atoms with van der Waals surface area (Å²) in [5, 5.41) is 2.91. The van der Waals surface area contributed by atoms with Crippen molar-refractivity contribution in [2.24, 2.45) is 0 Å². The van der Waals surface area contributed by atoms with Crippen LogP contribution < -0.4 is 24.4 Å². The predicted octanol–water partition coefficient (Wildman–Crippen LogP) is 3.37. The highest BCUT2D eigenvalue weighted by Crippen LogP contribution is 2.37. The van der Waals surface area contributed by atoms with E-state index in [4.69, 9.17) is 14.2 Å². The monoisotopic (exact) mass is 445 g/mol. The number of pyridine rings is 1. The molecule has 0 saturated carbocycles. The van der Waals surface area contributed by atoms with Crippen LogP contribution in [0.3, 0.4) is 0 Å². The second-order valence-electron chi connectivity index (χ2n) is 7.79. The molecule has 0 saturated heterocycles. The summed E-state index contributed by atoms with van der Waals surface area (Å²) in [4.78, 5) is 31.6. The first-order chi connectivity index (χ1) is 16.2. The quantitative estimate of drug-likeness (QED) is 0.600. The van der Waals surface area contributed by atoms with Crippen molar-refractivity contribution < 1.29 is 23.8 Å². The third-order valence-electron chi connectivity index (χ3n) is 5.56. The lowest BCUT2D eigenvalue weighted by atomic mass is 10.1. The van der Waals surface area contributed by atoms with Crippen molar-refractivity contribution in [3.05, 3.63) is 78.0 Å². The van der Waals surface area contributed by atoms with Crippen LogP contribution in [0.15, 0.2) is 66.9 Å². The van der Waals surface area contributed by atoms with Gasteiger partial charge in [0.1, 0.15) is 0 Å². The number of ether oxygens (including phenoxy) is 3. The Balaban J connectivity index is 1.19. The maximum Gasteiger partial charge on any atom is 0.274 e. The van der Waals surface area contributed by atoms with Crippen LogP contribution in [0.25, 0.3) is 0 Å². The molecular weight excluding hydrogens is 422 g/mol. The average molecular weight is 445 g/mol. The first-order valence-corrected chi connectivity index (χ1v) is 10.8. The lowest BCUT2D eigenvalue weighted by Gasteiger charge is -2.33. The zero-order chi connectivity index (χ0) is 22.6. The van der Waals surface area contributed by atoms with E-state index in [0.29, 0.717) is 42.6 Å². The molecule has 2 aliphatic rings. The van der Waals surface area contributed by atoms with Crippen molar-refractivity contribution in [1.82, 2.24) is 10.3 Å². The molecule has 33 heavy (non-hydrogen) atoms. The molecule has 0 fully saturated rings. The number of carbonyl (C=O) groups excluding carboxylic acids is 2. The van der Waals surface area contributed by atoms with Crippen LogP contribution in [-0.2, 0) is 16.1 Å². The van der Waals surface area contributed by atoms with Crippen molar-refractivity contribution in [3.63, 3.8) is 0 Å². The standard InChI is InChI=1S/C25H23N3O5/c29-22(27-15-17-10-11-19-21(14-17)32-16-31-19)9-5-13-28-24-20(8-4-12-26-24)33-23(25(28)30)18-6-2-1-3-7-18/h1-4,6-8,10-12,14,23H,5,9,13,15-16H2,(H,27,29)/t23-/m1/s1. The van der Waals surface area contributed by atoms with Gasteiger partial charge in [-0.2, -0.15) is 0 Å². The Labute approximate surface area is 191 Å². The Morgan fingerprint density at radius 2 is 1.88 bits per heavy atom. The van der Waals surface area contributed by atoms with Crippen molar-refractivity contribution in [2.75, 3.05) is 18.2 Å². The van der Waals surface area contributed by atoms with Gasteiger partial charge in [-0.25, -0.2) is 4.98 Å². The average Bonchev–Trinajstić information content (AvgIpc) is 3.32. The van der Waals surface area contributed by atoms with Gasteiger partial charge in [-0.05, 0) is 36.2 Å². The molecule has 0 bridgehead atoms. The lowest BCUT2D eigenvalue weighted by molar-refractivity contribution is -0.127. The van der Waals surface area contributed by atoms with E-state index in [1.165, 1.54) is 0 Å². The molecule has 3 heterocycles. The Kier molecular flexibility index (Phi) is 5.80. The number of carbonyl (C=O) groups is 2. The van der Waals surface area contributed by atoms with Gasteiger partial charge in [0.2, 0.25) is 18.8 Å². The summed E-state index contributed by atoms with van der Waals surface area (Å²) < 4.78 is 16.6. The highest BCUT2D eigenvalue weighted by atomic mass is 16.7. The fourth-order valence-corrected chi connectivity index (χ4v) is 3.89. The molecule has 2 amide bonds. The van der Waals surface area contributed by atoms with E-state index in [2.05, 4.69) is 10.3 Å². The van der Waals surface area contributed by atoms with Crippen LogP contribution in [-0.4, -0.2) is 30.1 Å². The van der Waals surface area contributed by atoms with E-state index < -0.39 is 6.10 Å². The second-order valence-corrected chi connectivity index (χ2v) is 7.79. The molecule has 0 radical (unpaired) electrons. The molecule has 1 atom stereocenters. The molecule has 1 N–H and O–H groups in total. The maximum atomic E-state index is 13.2. The Bertz CT molecular complexity index is 1170. The third kappa shape index (κ3) is 4.45. The second kappa shape index (κ2) is 9.20. The molecule has 0 aliphatic carbocycles. The molecule has 2 aliphatic heterocycles. The van der Waals surface area contributed by atoms with E-state index >= 15 is 0 Å². The highest BCUT2D eigenvalue weighted by Gasteiger charge is 2.36. The topological polar surface area (TPSA) is 90.0 Å². The fourth-order valence-electron chi connectivity index (χ4n) is 3.89. The van der Waals surface area contributed by atoms with Crippen molar-refractivity contribution in [3.8, 4) is 17.2 Å². The molecular formula is C25H23N3O5. The van der Waals surface area contributed by atoms with Crippen LogP contribution in [0, 0.1) is 0 Å². The molecule has 3 aromatic rings.